The number of benzene rings is 2. The molecule has 0 atom stereocenters. The molecule has 2 N–H and O–H groups in total. The monoisotopic (exact) mass is 466 g/mol. The number of nitrogens with one attached hydrogen (secondary N) is 2. The van der Waals surface area contributed by atoms with Crippen LogP contribution < -0.4 is 10.6 Å². The molecule has 0 bridgehead atoms. The lowest BCUT2D eigenvalue weighted by atomic mass is 10.0. The van der Waals surface area contributed by atoms with Gasteiger partial charge >= 0.3 is 6.18 Å². The molecular weight excluding hydrogens is 445 g/mol. The minimum Gasteiger partial charge on any atom is -0.373 e. The number of aryl methyl sites for hydroxylation is 2. The Morgan fingerprint density at radius 1 is 1.00 bits per heavy atom. The summed E-state index contributed by atoms with van der Waals surface area (Å²) in [5.74, 6) is 0.0793. The van der Waals surface area contributed by atoms with Crippen molar-refractivity contribution in [3.63, 3.8) is 0 Å². The van der Waals surface area contributed by atoms with Crippen molar-refractivity contribution in [3.05, 3.63) is 83.7 Å². The molecule has 2 aromatic heterocycles. The fourth-order valence-corrected chi connectivity index (χ4v) is 3.50. The number of nitrogens with zero attached hydrogens (tertiary/aromatic N) is 4. The third kappa shape index (κ3) is 4.75. The summed E-state index contributed by atoms with van der Waals surface area (Å²) >= 11 is 0. The maximum absolute atomic E-state index is 13.8. The molecule has 0 aliphatic rings. The highest BCUT2D eigenvalue weighted by Crippen LogP contribution is 2.36. The normalized spacial score (nSPS) is 11.4. The van der Waals surface area contributed by atoms with Gasteiger partial charge in [0.15, 0.2) is 0 Å². The molecule has 0 saturated heterocycles. The van der Waals surface area contributed by atoms with Crippen LogP contribution in [0.25, 0.3) is 16.9 Å². The molecule has 0 radical (unpaired) electrons. The molecule has 0 spiro atoms. The minimum absolute atomic E-state index is 0.0274. The lowest BCUT2D eigenvalue weighted by Crippen LogP contribution is -2.15. The van der Waals surface area contributed by atoms with Crippen LogP contribution in [0.1, 0.15) is 27.2 Å². The zero-order chi connectivity index (χ0) is 24.5. The van der Waals surface area contributed by atoms with Crippen molar-refractivity contribution < 1.29 is 18.0 Å². The van der Waals surface area contributed by atoms with Gasteiger partial charge in [-0.1, -0.05) is 6.07 Å². The topological polar surface area (TPSA) is 84.7 Å². The maximum atomic E-state index is 13.8. The number of amides is 1. The van der Waals surface area contributed by atoms with Crippen LogP contribution in [0.3, 0.4) is 0 Å². The molecule has 0 aliphatic carbocycles. The smallest absolute Gasteiger partial charge is 0.373 e. The third-order valence-corrected chi connectivity index (χ3v) is 5.25. The summed E-state index contributed by atoms with van der Waals surface area (Å²) in [5, 5.41) is 5.50. The second kappa shape index (κ2) is 8.97. The van der Waals surface area contributed by atoms with E-state index in [2.05, 4.69) is 25.6 Å². The first kappa shape index (κ1) is 23.0. The summed E-state index contributed by atoms with van der Waals surface area (Å²) in [4.78, 5) is 25.2. The second-order valence-corrected chi connectivity index (χ2v) is 7.67. The van der Waals surface area contributed by atoms with Crippen LogP contribution in [-0.2, 0) is 6.18 Å². The van der Waals surface area contributed by atoms with E-state index in [0.29, 0.717) is 22.8 Å². The molecule has 34 heavy (non-hydrogen) atoms. The lowest BCUT2D eigenvalue weighted by Gasteiger charge is -2.16. The lowest BCUT2D eigenvalue weighted by molar-refractivity contribution is -0.137. The fraction of sp³-hybridized carbons (Fsp3) is 0.167. The van der Waals surface area contributed by atoms with E-state index in [9.17, 15) is 18.0 Å². The maximum Gasteiger partial charge on any atom is 0.418 e. The van der Waals surface area contributed by atoms with Crippen LogP contribution in [-0.4, -0.2) is 32.5 Å². The highest BCUT2D eigenvalue weighted by molar-refractivity contribution is 6.05. The number of rotatable bonds is 5. The molecule has 0 aliphatic heterocycles. The van der Waals surface area contributed by atoms with Gasteiger partial charge in [0.05, 0.1) is 29.0 Å². The summed E-state index contributed by atoms with van der Waals surface area (Å²) in [5.41, 5.74) is 2.16. The van der Waals surface area contributed by atoms with Gasteiger partial charge in [0.2, 0.25) is 0 Å². The van der Waals surface area contributed by atoms with Crippen molar-refractivity contribution in [1.29, 1.82) is 0 Å². The zero-order valence-corrected chi connectivity index (χ0v) is 18.6. The van der Waals surface area contributed by atoms with E-state index in [1.807, 2.05) is 6.92 Å². The fourth-order valence-electron chi connectivity index (χ4n) is 3.50. The summed E-state index contributed by atoms with van der Waals surface area (Å²) in [6.45, 7) is 3.57. The molecule has 4 rings (SSSR count). The molecule has 10 heteroatoms. The predicted octanol–water partition coefficient (Wildman–Crippen LogP) is 5.26. The Morgan fingerprint density at radius 3 is 2.47 bits per heavy atom. The molecule has 0 unspecified atom stereocenters. The number of halogens is 3. The summed E-state index contributed by atoms with van der Waals surface area (Å²) in [6.07, 6.45) is -0.388. The highest BCUT2D eigenvalue weighted by Gasteiger charge is 2.34. The molecule has 1 amide bonds. The quantitative estimate of drug-likeness (QED) is 0.419. The molecule has 4 aromatic rings. The van der Waals surface area contributed by atoms with Crippen molar-refractivity contribution in [2.24, 2.45) is 0 Å². The van der Waals surface area contributed by atoms with Gasteiger partial charge in [-0.2, -0.15) is 13.2 Å². The van der Waals surface area contributed by atoms with E-state index < -0.39 is 17.6 Å². The van der Waals surface area contributed by atoms with Crippen molar-refractivity contribution in [1.82, 2.24) is 19.5 Å². The third-order valence-electron chi connectivity index (χ3n) is 5.25. The average molecular weight is 466 g/mol. The Kier molecular flexibility index (Phi) is 6.06. The summed E-state index contributed by atoms with van der Waals surface area (Å²) in [6, 6.07) is 10.4. The Hall–Kier alpha value is -4.21. The van der Waals surface area contributed by atoms with E-state index in [1.54, 1.807) is 38.2 Å². The Labute approximate surface area is 193 Å². The van der Waals surface area contributed by atoms with E-state index in [4.69, 9.17) is 0 Å². The summed E-state index contributed by atoms with van der Waals surface area (Å²) < 4.78 is 42.6. The van der Waals surface area contributed by atoms with Gasteiger partial charge in [0, 0.05) is 36.1 Å². The van der Waals surface area contributed by atoms with Gasteiger partial charge in [-0.3, -0.25) is 4.79 Å². The van der Waals surface area contributed by atoms with Crippen molar-refractivity contribution in [3.8, 4) is 16.9 Å². The van der Waals surface area contributed by atoms with Crippen molar-refractivity contribution >= 4 is 17.4 Å². The number of alkyl halides is 3. The van der Waals surface area contributed by atoms with Crippen LogP contribution in [0.4, 0.5) is 24.7 Å². The Balaban J connectivity index is 1.65. The molecule has 2 heterocycles. The van der Waals surface area contributed by atoms with E-state index >= 15 is 0 Å². The number of hydrogen-bond acceptors (Lipinski definition) is 5. The number of carbonyl (C=O) groups is 1. The van der Waals surface area contributed by atoms with Crippen LogP contribution in [0.2, 0.25) is 0 Å². The van der Waals surface area contributed by atoms with Crippen LogP contribution >= 0.6 is 0 Å². The van der Waals surface area contributed by atoms with Gasteiger partial charge in [-0.05, 0) is 49.7 Å². The molecule has 0 saturated carbocycles. The number of aromatic nitrogens is 4. The van der Waals surface area contributed by atoms with Gasteiger partial charge in [0.25, 0.3) is 5.91 Å². The number of anilines is 2. The van der Waals surface area contributed by atoms with Gasteiger partial charge in [-0.25, -0.2) is 15.0 Å². The standard InChI is InChI=1S/C24H21F3N6O/c1-14-4-5-16(8-18(14)20-10-22(28-3)30-12-29-20)23(34)32-17-6-7-21(19(9-17)24(25,26)27)33-11-15(2)31-13-33/h4-13H,1-3H3,(H,32,34)(H,28,29,30). The molecule has 174 valence electrons. The largest absolute Gasteiger partial charge is 0.418 e. The zero-order valence-electron chi connectivity index (χ0n) is 18.6. The molecule has 7 nitrogen and oxygen atoms in total. The number of imidazole rings is 1. The van der Waals surface area contributed by atoms with E-state index in [0.717, 1.165) is 11.6 Å². The van der Waals surface area contributed by atoms with E-state index in [1.165, 1.54) is 35.6 Å². The first-order valence-corrected chi connectivity index (χ1v) is 10.3. The molecule has 2 aromatic carbocycles. The van der Waals surface area contributed by atoms with Gasteiger partial charge in [0.1, 0.15) is 12.1 Å². The average Bonchev–Trinajstić information content (AvgIpc) is 3.24. The Morgan fingerprint density at radius 2 is 1.79 bits per heavy atom. The molecular formula is C24H21F3N6O. The van der Waals surface area contributed by atoms with Crippen molar-refractivity contribution in [2.45, 2.75) is 20.0 Å². The minimum atomic E-state index is -4.62. The second-order valence-electron chi connectivity index (χ2n) is 7.67. The first-order chi connectivity index (χ1) is 16.2. The van der Waals surface area contributed by atoms with Crippen LogP contribution in [0.5, 0.6) is 0 Å². The van der Waals surface area contributed by atoms with Crippen LogP contribution in [0, 0.1) is 13.8 Å². The van der Waals surface area contributed by atoms with Crippen LogP contribution in [0.15, 0.2) is 61.3 Å². The number of carbonyl (C=O) groups excluding carboxylic acids is 1. The Bertz CT molecular complexity index is 1360. The highest BCUT2D eigenvalue weighted by atomic mass is 19.4. The first-order valence-electron chi connectivity index (χ1n) is 10.3. The number of hydrogen-bond donors (Lipinski definition) is 2. The SMILES string of the molecule is CNc1cc(-c2cc(C(=O)Nc3ccc(-n4cnc(C)c4)c(C(F)(F)F)c3)ccc2C)ncn1. The molecule has 0 fully saturated rings. The van der Waals surface area contributed by atoms with Gasteiger partial charge in [-0.15, -0.1) is 0 Å². The predicted molar refractivity (Wildman–Crippen MR) is 123 cm³/mol. The van der Waals surface area contributed by atoms with E-state index in [-0.39, 0.29) is 16.9 Å². The van der Waals surface area contributed by atoms with Crippen molar-refractivity contribution in [2.75, 3.05) is 17.7 Å². The summed E-state index contributed by atoms with van der Waals surface area (Å²) in [7, 11) is 1.73. The van der Waals surface area contributed by atoms with Gasteiger partial charge < -0.3 is 15.2 Å².